The van der Waals surface area contributed by atoms with Crippen molar-refractivity contribution in [3.63, 3.8) is 0 Å². The Hall–Kier alpha value is -1.14. The standard InChI is InChI=1S/C10H18N4O2/c1-3-11-6-9-12-13-10(16-9)14-4-5-15-8(2)7-14/h8,11H,3-7H2,1-2H3. The molecule has 0 radical (unpaired) electrons. The number of ether oxygens (including phenoxy) is 1. The van der Waals surface area contributed by atoms with Crippen molar-refractivity contribution in [1.29, 1.82) is 0 Å². The minimum atomic E-state index is 0.220. The van der Waals surface area contributed by atoms with Crippen molar-refractivity contribution in [2.75, 3.05) is 31.1 Å². The highest BCUT2D eigenvalue weighted by molar-refractivity contribution is 5.24. The van der Waals surface area contributed by atoms with Gasteiger partial charge in [0.25, 0.3) is 0 Å². The van der Waals surface area contributed by atoms with Crippen LogP contribution in [0.1, 0.15) is 19.7 Å². The van der Waals surface area contributed by atoms with Crippen LogP contribution in [-0.2, 0) is 11.3 Å². The molecule has 16 heavy (non-hydrogen) atoms. The van der Waals surface area contributed by atoms with Gasteiger partial charge in [0.05, 0.1) is 19.3 Å². The molecule has 6 heteroatoms. The van der Waals surface area contributed by atoms with E-state index in [0.29, 0.717) is 25.1 Å². The van der Waals surface area contributed by atoms with Gasteiger partial charge in [-0.25, -0.2) is 0 Å². The summed E-state index contributed by atoms with van der Waals surface area (Å²) in [7, 11) is 0. The smallest absolute Gasteiger partial charge is 0.318 e. The normalized spacial score (nSPS) is 21.4. The van der Waals surface area contributed by atoms with Gasteiger partial charge < -0.3 is 19.4 Å². The summed E-state index contributed by atoms with van der Waals surface area (Å²) in [6.45, 7) is 7.95. The first kappa shape index (κ1) is 11.3. The minimum Gasteiger partial charge on any atom is -0.407 e. The van der Waals surface area contributed by atoms with Crippen molar-refractivity contribution in [2.24, 2.45) is 0 Å². The van der Waals surface area contributed by atoms with Gasteiger partial charge in [0.15, 0.2) is 0 Å². The van der Waals surface area contributed by atoms with E-state index < -0.39 is 0 Å². The first-order chi connectivity index (χ1) is 7.79. The largest absolute Gasteiger partial charge is 0.407 e. The maximum atomic E-state index is 5.56. The van der Waals surface area contributed by atoms with Crippen LogP contribution in [0.3, 0.4) is 0 Å². The predicted molar refractivity (Wildman–Crippen MR) is 59.3 cm³/mol. The molecule has 90 valence electrons. The van der Waals surface area contributed by atoms with Crippen LogP contribution < -0.4 is 10.2 Å². The highest BCUT2D eigenvalue weighted by Gasteiger charge is 2.21. The lowest BCUT2D eigenvalue weighted by Gasteiger charge is -2.29. The maximum absolute atomic E-state index is 5.56. The molecule has 0 saturated carbocycles. The molecule has 0 bridgehead atoms. The lowest BCUT2D eigenvalue weighted by molar-refractivity contribution is 0.0513. The summed E-state index contributed by atoms with van der Waals surface area (Å²) in [5.74, 6) is 0.635. The van der Waals surface area contributed by atoms with E-state index in [1.807, 2.05) is 13.8 Å². The number of nitrogens with zero attached hydrogens (tertiary/aromatic N) is 3. The van der Waals surface area contributed by atoms with Gasteiger partial charge in [-0.1, -0.05) is 12.0 Å². The van der Waals surface area contributed by atoms with E-state index in [9.17, 15) is 0 Å². The molecule has 1 aliphatic rings. The number of rotatable bonds is 4. The SMILES string of the molecule is CCNCc1nnc(N2CCOC(C)C2)o1. The average molecular weight is 226 g/mol. The van der Waals surface area contributed by atoms with Crippen LogP contribution in [0.5, 0.6) is 0 Å². The molecule has 6 nitrogen and oxygen atoms in total. The van der Waals surface area contributed by atoms with Crippen LogP contribution >= 0.6 is 0 Å². The van der Waals surface area contributed by atoms with E-state index in [4.69, 9.17) is 9.15 Å². The quantitative estimate of drug-likeness (QED) is 0.802. The van der Waals surface area contributed by atoms with Gasteiger partial charge in [-0.3, -0.25) is 0 Å². The summed E-state index contributed by atoms with van der Waals surface area (Å²) in [5.41, 5.74) is 0. The van der Waals surface area contributed by atoms with E-state index in [1.165, 1.54) is 0 Å². The van der Waals surface area contributed by atoms with Crippen molar-refractivity contribution < 1.29 is 9.15 Å². The van der Waals surface area contributed by atoms with E-state index in [0.717, 1.165) is 19.6 Å². The Morgan fingerprint density at radius 1 is 1.50 bits per heavy atom. The molecule has 1 aromatic heterocycles. The summed E-state index contributed by atoms with van der Waals surface area (Å²) in [6.07, 6.45) is 0.220. The Labute approximate surface area is 95.0 Å². The van der Waals surface area contributed by atoms with Gasteiger partial charge in [-0.15, -0.1) is 5.10 Å². The molecule has 2 rings (SSSR count). The Balaban J connectivity index is 1.95. The summed E-state index contributed by atoms with van der Waals surface area (Å²) < 4.78 is 11.0. The highest BCUT2D eigenvalue weighted by Crippen LogP contribution is 2.15. The summed E-state index contributed by atoms with van der Waals surface area (Å²) in [5, 5.41) is 11.2. The molecule has 1 unspecified atom stereocenters. The van der Waals surface area contributed by atoms with Gasteiger partial charge in [0, 0.05) is 13.1 Å². The second-order valence-corrected chi connectivity index (χ2v) is 3.89. The summed E-state index contributed by atoms with van der Waals surface area (Å²) in [6, 6.07) is 0.600. The predicted octanol–water partition coefficient (Wildman–Crippen LogP) is 0.404. The van der Waals surface area contributed by atoms with Crippen molar-refractivity contribution >= 4 is 6.01 Å². The molecule has 1 saturated heterocycles. The molecule has 1 aliphatic heterocycles. The summed E-state index contributed by atoms with van der Waals surface area (Å²) >= 11 is 0. The first-order valence-electron chi connectivity index (χ1n) is 5.69. The molecule has 1 atom stereocenters. The van der Waals surface area contributed by atoms with Crippen molar-refractivity contribution in [1.82, 2.24) is 15.5 Å². The third-order valence-electron chi connectivity index (χ3n) is 2.49. The fourth-order valence-electron chi connectivity index (χ4n) is 1.67. The van der Waals surface area contributed by atoms with Gasteiger partial charge in [0.1, 0.15) is 0 Å². The number of nitrogens with one attached hydrogen (secondary N) is 1. The van der Waals surface area contributed by atoms with E-state index in [2.05, 4.69) is 20.4 Å². The molecule has 1 aromatic rings. The Morgan fingerprint density at radius 2 is 2.38 bits per heavy atom. The topological polar surface area (TPSA) is 63.4 Å². The molecule has 1 N–H and O–H groups in total. The average Bonchev–Trinajstić information content (AvgIpc) is 2.75. The highest BCUT2D eigenvalue weighted by atomic mass is 16.5. The van der Waals surface area contributed by atoms with Crippen LogP contribution in [0.25, 0.3) is 0 Å². The van der Waals surface area contributed by atoms with Gasteiger partial charge in [0.2, 0.25) is 5.89 Å². The lowest BCUT2D eigenvalue weighted by atomic mass is 10.3. The molecule has 0 amide bonds. The molecular weight excluding hydrogens is 208 g/mol. The first-order valence-corrected chi connectivity index (χ1v) is 5.69. The van der Waals surface area contributed by atoms with E-state index in [1.54, 1.807) is 0 Å². The fraction of sp³-hybridized carbons (Fsp3) is 0.800. The maximum Gasteiger partial charge on any atom is 0.318 e. The summed E-state index contributed by atoms with van der Waals surface area (Å²) in [4.78, 5) is 2.07. The number of hydrogen-bond acceptors (Lipinski definition) is 6. The van der Waals surface area contributed by atoms with Crippen LogP contribution in [0, 0.1) is 0 Å². The third-order valence-corrected chi connectivity index (χ3v) is 2.49. The van der Waals surface area contributed by atoms with Crippen LogP contribution in [-0.4, -0.2) is 42.5 Å². The Morgan fingerprint density at radius 3 is 3.12 bits per heavy atom. The Kier molecular flexibility index (Phi) is 3.74. The van der Waals surface area contributed by atoms with Crippen LogP contribution in [0.15, 0.2) is 4.42 Å². The third kappa shape index (κ3) is 2.70. The zero-order chi connectivity index (χ0) is 11.4. The molecule has 0 aliphatic carbocycles. The van der Waals surface area contributed by atoms with Gasteiger partial charge >= 0.3 is 6.01 Å². The fourth-order valence-corrected chi connectivity index (χ4v) is 1.67. The lowest BCUT2D eigenvalue weighted by Crippen LogP contribution is -2.41. The molecular formula is C10H18N4O2. The van der Waals surface area contributed by atoms with Crippen LogP contribution in [0.4, 0.5) is 6.01 Å². The number of hydrogen-bond donors (Lipinski definition) is 1. The van der Waals surface area contributed by atoms with Crippen molar-refractivity contribution in [3.05, 3.63) is 5.89 Å². The van der Waals surface area contributed by atoms with Crippen LogP contribution in [0.2, 0.25) is 0 Å². The zero-order valence-corrected chi connectivity index (χ0v) is 9.77. The monoisotopic (exact) mass is 226 g/mol. The minimum absolute atomic E-state index is 0.220. The zero-order valence-electron chi connectivity index (χ0n) is 9.77. The Bertz CT molecular complexity index is 328. The van der Waals surface area contributed by atoms with E-state index in [-0.39, 0.29) is 6.10 Å². The second kappa shape index (κ2) is 5.27. The number of anilines is 1. The second-order valence-electron chi connectivity index (χ2n) is 3.89. The van der Waals surface area contributed by atoms with Gasteiger partial charge in [-0.05, 0) is 13.5 Å². The van der Waals surface area contributed by atoms with Gasteiger partial charge in [-0.2, -0.15) is 0 Å². The number of aromatic nitrogens is 2. The van der Waals surface area contributed by atoms with Crippen molar-refractivity contribution in [2.45, 2.75) is 26.5 Å². The molecule has 0 aromatic carbocycles. The number of morpholine rings is 1. The van der Waals surface area contributed by atoms with Crippen molar-refractivity contribution in [3.8, 4) is 0 Å². The molecule has 0 spiro atoms. The van der Waals surface area contributed by atoms with E-state index >= 15 is 0 Å². The molecule has 2 heterocycles. The molecule has 1 fully saturated rings.